The Balaban J connectivity index is 2.24. The van der Waals surface area contributed by atoms with Crippen molar-refractivity contribution in [3.63, 3.8) is 0 Å². The summed E-state index contributed by atoms with van der Waals surface area (Å²) >= 11 is 0. The first-order valence-electron chi connectivity index (χ1n) is 5.29. The third kappa shape index (κ3) is 1.82. The first-order chi connectivity index (χ1) is 7.22. The molecule has 0 spiro atoms. The molecule has 1 aromatic rings. The Morgan fingerprint density at radius 3 is 2.93 bits per heavy atom. The molecule has 1 aliphatic carbocycles. The molecule has 0 aliphatic heterocycles. The summed E-state index contributed by atoms with van der Waals surface area (Å²) in [6, 6.07) is 8.26. The van der Waals surface area contributed by atoms with Gasteiger partial charge in [-0.15, -0.1) is 0 Å². The lowest BCUT2D eigenvalue weighted by atomic mass is 9.96. The van der Waals surface area contributed by atoms with E-state index in [2.05, 4.69) is 24.4 Å². The highest BCUT2D eigenvalue weighted by Gasteiger charge is 2.31. The normalized spacial score (nSPS) is 23.5. The predicted molar refractivity (Wildman–Crippen MR) is 58.1 cm³/mol. The van der Waals surface area contributed by atoms with Crippen LogP contribution >= 0.6 is 0 Å². The highest BCUT2D eigenvalue weighted by atomic mass is 16.4. The molecular formula is C12H15NO2. The van der Waals surface area contributed by atoms with Gasteiger partial charge in [-0.25, -0.2) is 4.79 Å². The number of carbonyl (C=O) groups is 1. The molecule has 15 heavy (non-hydrogen) atoms. The van der Waals surface area contributed by atoms with Crippen molar-refractivity contribution in [2.24, 2.45) is 0 Å². The van der Waals surface area contributed by atoms with E-state index in [-0.39, 0.29) is 6.04 Å². The molecule has 1 aliphatic rings. The van der Waals surface area contributed by atoms with Crippen LogP contribution in [0.3, 0.4) is 0 Å². The standard InChI is InChI=1S/C12H15NO2/c1-2-9-10-6-4-3-5-8(10)7-11(9)13-12(14)15/h3-6,9,11,13H,2,7H2,1H3,(H,14,15). The van der Waals surface area contributed by atoms with E-state index in [4.69, 9.17) is 5.11 Å². The smallest absolute Gasteiger partial charge is 0.404 e. The Labute approximate surface area is 89.1 Å². The summed E-state index contributed by atoms with van der Waals surface area (Å²) in [5, 5.41) is 11.4. The van der Waals surface area contributed by atoms with Gasteiger partial charge >= 0.3 is 6.09 Å². The van der Waals surface area contributed by atoms with Crippen molar-refractivity contribution in [2.75, 3.05) is 0 Å². The van der Waals surface area contributed by atoms with E-state index in [1.54, 1.807) is 0 Å². The van der Waals surface area contributed by atoms with Crippen molar-refractivity contribution in [1.82, 2.24) is 5.32 Å². The molecule has 3 nitrogen and oxygen atoms in total. The Morgan fingerprint density at radius 2 is 2.27 bits per heavy atom. The fraction of sp³-hybridized carbons (Fsp3) is 0.417. The molecule has 0 fully saturated rings. The van der Waals surface area contributed by atoms with Gasteiger partial charge in [-0.3, -0.25) is 0 Å². The molecule has 0 aromatic heterocycles. The molecule has 0 bridgehead atoms. The molecule has 80 valence electrons. The van der Waals surface area contributed by atoms with Crippen LogP contribution in [-0.4, -0.2) is 17.2 Å². The van der Waals surface area contributed by atoms with Gasteiger partial charge in [0.25, 0.3) is 0 Å². The zero-order valence-corrected chi connectivity index (χ0v) is 8.73. The van der Waals surface area contributed by atoms with Crippen molar-refractivity contribution in [1.29, 1.82) is 0 Å². The number of hydrogen-bond acceptors (Lipinski definition) is 1. The van der Waals surface area contributed by atoms with Gasteiger partial charge in [0.1, 0.15) is 0 Å². The average molecular weight is 205 g/mol. The molecule has 0 radical (unpaired) electrons. The Morgan fingerprint density at radius 1 is 1.53 bits per heavy atom. The summed E-state index contributed by atoms with van der Waals surface area (Å²) in [4.78, 5) is 10.7. The second-order valence-electron chi connectivity index (χ2n) is 3.97. The van der Waals surface area contributed by atoms with Crippen LogP contribution in [0.4, 0.5) is 4.79 Å². The van der Waals surface area contributed by atoms with Crippen molar-refractivity contribution in [2.45, 2.75) is 31.7 Å². The summed E-state index contributed by atoms with van der Waals surface area (Å²) in [6.07, 6.45) is 0.870. The van der Waals surface area contributed by atoms with Gasteiger partial charge in [-0.05, 0) is 24.0 Å². The molecule has 0 saturated heterocycles. The van der Waals surface area contributed by atoms with Gasteiger partial charge in [0.2, 0.25) is 0 Å². The van der Waals surface area contributed by atoms with Crippen LogP contribution in [0.2, 0.25) is 0 Å². The van der Waals surface area contributed by atoms with E-state index in [1.807, 2.05) is 12.1 Å². The van der Waals surface area contributed by atoms with Crippen molar-refractivity contribution < 1.29 is 9.90 Å². The second kappa shape index (κ2) is 3.93. The second-order valence-corrected chi connectivity index (χ2v) is 3.97. The first-order valence-corrected chi connectivity index (χ1v) is 5.29. The summed E-state index contributed by atoms with van der Waals surface area (Å²) in [6.45, 7) is 2.10. The molecule has 3 heteroatoms. The third-order valence-corrected chi connectivity index (χ3v) is 3.13. The van der Waals surface area contributed by atoms with Crippen LogP contribution in [0.5, 0.6) is 0 Å². The lowest BCUT2D eigenvalue weighted by Crippen LogP contribution is -2.36. The van der Waals surface area contributed by atoms with Crippen LogP contribution < -0.4 is 5.32 Å². The summed E-state index contributed by atoms with van der Waals surface area (Å²) in [7, 11) is 0. The zero-order chi connectivity index (χ0) is 10.8. The number of nitrogens with one attached hydrogen (secondary N) is 1. The largest absolute Gasteiger partial charge is 0.465 e. The topological polar surface area (TPSA) is 49.3 Å². The molecule has 0 heterocycles. The molecule has 1 aromatic carbocycles. The van der Waals surface area contributed by atoms with E-state index >= 15 is 0 Å². The number of fused-ring (bicyclic) bond motifs is 1. The number of amides is 1. The zero-order valence-electron chi connectivity index (χ0n) is 8.73. The number of benzene rings is 1. The van der Waals surface area contributed by atoms with Gasteiger partial charge in [0, 0.05) is 12.0 Å². The fourth-order valence-corrected chi connectivity index (χ4v) is 2.49. The van der Waals surface area contributed by atoms with Gasteiger partial charge in [0.15, 0.2) is 0 Å². The molecule has 0 saturated carbocycles. The Bertz CT molecular complexity index is 376. The first kappa shape index (κ1) is 10.0. The summed E-state index contributed by atoms with van der Waals surface area (Å²) < 4.78 is 0. The van der Waals surface area contributed by atoms with Crippen LogP contribution in [0.1, 0.15) is 30.4 Å². The molecule has 2 N–H and O–H groups in total. The summed E-state index contributed by atoms with van der Waals surface area (Å²) in [5.41, 5.74) is 2.59. The fourth-order valence-electron chi connectivity index (χ4n) is 2.49. The lowest BCUT2D eigenvalue weighted by Gasteiger charge is -2.18. The SMILES string of the molecule is CCC1c2ccccc2CC1NC(=O)O. The predicted octanol–water partition coefficient (Wildman–Crippen LogP) is 2.37. The van der Waals surface area contributed by atoms with Crippen LogP contribution in [0.15, 0.2) is 24.3 Å². The highest BCUT2D eigenvalue weighted by molar-refractivity contribution is 5.65. The van der Waals surface area contributed by atoms with E-state index in [0.717, 1.165) is 12.8 Å². The molecule has 2 atom stereocenters. The van der Waals surface area contributed by atoms with E-state index in [0.29, 0.717) is 5.92 Å². The summed E-state index contributed by atoms with van der Waals surface area (Å²) in [5.74, 6) is 0.331. The third-order valence-electron chi connectivity index (χ3n) is 3.13. The molecule has 2 rings (SSSR count). The van der Waals surface area contributed by atoms with Crippen molar-refractivity contribution >= 4 is 6.09 Å². The van der Waals surface area contributed by atoms with Gasteiger partial charge in [-0.1, -0.05) is 31.2 Å². The van der Waals surface area contributed by atoms with Gasteiger partial charge in [-0.2, -0.15) is 0 Å². The van der Waals surface area contributed by atoms with Gasteiger partial charge in [0.05, 0.1) is 0 Å². The minimum Gasteiger partial charge on any atom is -0.465 e. The van der Waals surface area contributed by atoms with Crippen molar-refractivity contribution in [3.8, 4) is 0 Å². The quantitative estimate of drug-likeness (QED) is 0.778. The maximum absolute atomic E-state index is 10.7. The molecule has 1 amide bonds. The van der Waals surface area contributed by atoms with Crippen molar-refractivity contribution in [3.05, 3.63) is 35.4 Å². The van der Waals surface area contributed by atoms with Crippen LogP contribution in [0.25, 0.3) is 0 Å². The van der Waals surface area contributed by atoms with Crippen LogP contribution in [0, 0.1) is 0 Å². The van der Waals surface area contributed by atoms with Crippen LogP contribution in [-0.2, 0) is 6.42 Å². The van der Waals surface area contributed by atoms with E-state index < -0.39 is 6.09 Å². The lowest BCUT2D eigenvalue weighted by molar-refractivity contribution is 0.188. The number of rotatable bonds is 2. The minimum atomic E-state index is -0.925. The average Bonchev–Trinajstić information content (AvgIpc) is 2.53. The number of hydrogen-bond donors (Lipinski definition) is 2. The maximum Gasteiger partial charge on any atom is 0.404 e. The van der Waals surface area contributed by atoms with E-state index in [9.17, 15) is 4.79 Å². The molecular weight excluding hydrogens is 190 g/mol. The van der Waals surface area contributed by atoms with Gasteiger partial charge < -0.3 is 10.4 Å². The molecule has 2 unspecified atom stereocenters. The minimum absolute atomic E-state index is 0.0462. The Kier molecular flexibility index (Phi) is 2.62. The highest BCUT2D eigenvalue weighted by Crippen LogP contribution is 2.35. The Hall–Kier alpha value is -1.51. The number of carboxylic acid groups (broad SMARTS) is 1. The monoisotopic (exact) mass is 205 g/mol. The van der Waals surface area contributed by atoms with E-state index in [1.165, 1.54) is 11.1 Å². The maximum atomic E-state index is 10.7.